The maximum Gasteiger partial charge on any atom is 0.319 e. The number of carbonyl (C=O) groups excluding carboxylic acids is 3. The number of thioether (sulfide) groups is 1. The lowest BCUT2D eigenvalue weighted by Gasteiger charge is -2.12. The van der Waals surface area contributed by atoms with Crippen LogP contribution < -0.4 is 15.4 Å². The molecule has 0 aliphatic carbocycles. The van der Waals surface area contributed by atoms with Crippen molar-refractivity contribution in [1.82, 2.24) is 0 Å². The molecule has 30 heavy (non-hydrogen) atoms. The summed E-state index contributed by atoms with van der Waals surface area (Å²) in [4.78, 5) is 36.0. The highest BCUT2D eigenvalue weighted by Gasteiger charge is 2.18. The van der Waals surface area contributed by atoms with Gasteiger partial charge in [-0.15, -0.1) is 11.8 Å². The number of anilines is 2. The summed E-state index contributed by atoms with van der Waals surface area (Å²) in [6.45, 7) is 5.65. The summed E-state index contributed by atoms with van der Waals surface area (Å²) >= 11 is 1.14. The molecule has 0 unspecified atom stereocenters. The van der Waals surface area contributed by atoms with E-state index in [9.17, 15) is 14.4 Å². The number of hydrogen-bond acceptors (Lipinski definition) is 6. The highest BCUT2D eigenvalue weighted by molar-refractivity contribution is 8.01. The van der Waals surface area contributed by atoms with Crippen LogP contribution in [0.3, 0.4) is 0 Å². The van der Waals surface area contributed by atoms with Crippen LogP contribution in [-0.2, 0) is 19.1 Å². The van der Waals surface area contributed by atoms with Crippen molar-refractivity contribution in [3.05, 3.63) is 54.1 Å². The number of hydrogen-bond donors (Lipinski definition) is 2. The molecule has 160 valence electrons. The van der Waals surface area contributed by atoms with Crippen LogP contribution in [0.1, 0.15) is 19.4 Å². The average Bonchev–Trinajstić information content (AvgIpc) is 2.73. The Hall–Kier alpha value is -3.00. The summed E-state index contributed by atoms with van der Waals surface area (Å²) in [7, 11) is 0. The van der Waals surface area contributed by atoms with Crippen molar-refractivity contribution in [1.29, 1.82) is 0 Å². The minimum Gasteiger partial charge on any atom is -0.494 e. The summed E-state index contributed by atoms with van der Waals surface area (Å²) < 4.78 is 10.4. The van der Waals surface area contributed by atoms with Gasteiger partial charge in [0.2, 0.25) is 5.91 Å². The Kier molecular flexibility index (Phi) is 9.21. The van der Waals surface area contributed by atoms with Gasteiger partial charge < -0.3 is 20.1 Å². The van der Waals surface area contributed by atoms with Crippen molar-refractivity contribution in [3.8, 4) is 5.75 Å². The quantitative estimate of drug-likeness (QED) is 0.559. The first-order valence-electron chi connectivity index (χ1n) is 9.55. The predicted molar refractivity (Wildman–Crippen MR) is 119 cm³/mol. The number of ether oxygens (including phenoxy) is 2. The van der Waals surface area contributed by atoms with Gasteiger partial charge in [-0.1, -0.05) is 17.7 Å². The highest BCUT2D eigenvalue weighted by Crippen LogP contribution is 2.16. The van der Waals surface area contributed by atoms with Crippen LogP contribution in [0.2, 0.25) is 0 Å². The van der Waals surface area contributed by atoms with Gasteiger partial charge in [-0.05, 0) is 57.2 Å². The molecule has 2 aromatic carbocycles. The monoisotopic (exact) mass is 430 g/mol. The van der Waals surface area contributed by atoms with Crippen LogP contribution in [0.15, 0.2) is 48.5 Å². The topological polar surface area (TPSA) is 93.7 Å². The number of esters is 1. The minimum atomic E-state index is -0.577. The van der Waals surface area contributed by atoms with Crippen molar-refractivity contribution in [2.24, 2.45) is 0 Å². The maximum atomic E-state index is 12.1. The Morgan fingerprint density at radius 2 is 1.50 bits per heavy atom. The lowest BCUT2D eigenvalue weighted by molar-refractivity contribution is -0.146. The van der Waals surface area contributed by atoms with Crippen LogP contribution in [0, 0.1) is 6.92 Å². The molecule has 2 aromatic rings. The predicted octanol–water partition coefficient (Wildman–Crippen LogP) is 3.64. The van der Waals surface area contributed by atoms with Gasteiger partial charge >= 0.3 is 5.97 Å². The molecule has 0 heterocycles. The fraction of sp³-hybridized carbons (Fsp3) is 0.318. The van der Waals surface area contributed by atoms with E-state index in [-0.39, 0.29) is 11.7 Å². The molecule has 7 nitrogen and oxygen atoms in total. The first kappa shape index (κ1) is 23.3. The Morgan fingerprint density at radius 3 is 2.10 bits per heavy atom. The standard InChI is InChI=1S/C22H26N2O5S/c1-4-28-19-11-9-18(10-12-19)23-20(25)13-29-22(27)16(3)30-14-21(26)24-17-7-5-15(2)6-8-17/h5-12,16H,4,13-14H2,1-3H3,(H,23,25)(H,24,26)/t16-/m0/s1. The first-order valence-corrected chi connectivity index (χ1v) is 10.6. The van der Waals surface area contributed by atoms with Gasteiger partial charge in [-0.25, -0.2) is 0 Å². The number of nitrogens with one attached hydrogen (secondary N) is 2. The van der Waals surface area contributed by atoms with Crippen LogP contribution in [-0.4, -0.2) is 42.0 Å². The Morgan fingerprint density at radius 1 is 0.933 bits per heavy atom. The van der Waals surface area contributed by atoms with Gasteiger partial charge in [0.15, 0.2) is 6.61 Å². The number of amides is 2. The third kappa shape index (κ3) is 8.16. The van der Waals surface area contributed by atoms with Crippen molar-refractivity contribution >= 4 is 40.9 Å². The fourth-order valence-corrected chi connectivity index (χ4v) is 3.03. The molecule has 0 aromatic heterocycles. The molecule has 2 N–H and O–H groups in total. The Labute approximate surface area is 180 Å². The second kappa shape index (κ2) is 11.9. The maximum absolute atomic E-state index is 12.1. The van der Waals surface area contributed by atoms with Crippen LogP contribution in [0.5, 0.6) is 5.75 Å². The molecule has 2 rings (SSSR count). The number of benzene rings is 2. The molecule has 0 bridgehead atoms. The zero-order valence-corrected chi connectivity index (χ0v) is 18.1. The van der Waals surface area contributed by atoms with Gasteiger partial charge in [0.25, 0.3) is 5.91 Å². The molecular weight excluding hydrogens is 404 g/mol. The van der Waals surface area contributed by atoms with Crippen LogP contribution >= 0.6 is 11.8 Å². The van der Waals surface area contributed by atoms with E-state index < -0.39 is 23.7 Å². The molecule has 0 fully saturated rings. The molecule has 8 heteroatoms. The second-order valence-corrected chi connectivity index (χ2v) is 7.81. The molecule has 1 atom stereocenters. The lowest BCUT2D eigenvalue weighted by atomic mass is 10.2. The largest absolute Gasteiger partial charge is 0.494 e. The van der Waals surface area contributed by atoms with E-state index >= 15 is 0 Å². The van der Waals surface area contributed by atoms with E-state index in [0.29, 0.717) is 23.7 Å². The van der Waals surface area contributed by atoms with E-state index in [1.54, 1.807) is 31.2 Å². The third-order valence-electron chi connectivity index (χ3n) is 3.93. The zero-order chi connectivity index (χ0) is 21.9. The number of carbonyl (C=O) groups is 3. The molecule has 0 saturated heterocycles. The smallest absolute Gasteiger partial charge is 0.319 e. The summed E-state index contributed by atoms with van der Waals surface area (Å²) in [5.74, 6) is -0.398. The van der Waals surface area contributed by atoms with Gasteiger partial charge in [0.05, 0.1) is 12.4 Å². The van der Waals surface area contributed by atoms with Crippen molar-refractivity contribution in [2.45, 2.75) is 26.0 Å². The fourth-order valence-electron chi connectivity index (χ4n) is 2.35. The lowest BCUT2D eigenvalue weighted by Crippen LogP contribution is -2.26. The molecule has 0 aliphatic rings. The van der Waals surface area contributed by atoms with Crippen LogP contribution in [0.25, 0.3) is 0 Å². The molecule has 0 radical (unpaired) electrons. The molecular formula is C22H26N2O5S. The third-order valence-corrected chi connectivity index (χ3v) is 5.05. The zero-order valence-electron chi connectivity index (χ0n) is 17.3. The van der Waals surface area contributed by atoms with Gasteiger partial charge in [0.1, 0.15) is 11.0 Å². The number of rotatable bonds is 10. The van der Waals surface area contributed by atoms with E-state index in [0.717, 1.165) is 17.3 Å². The molecule has 0 saturated carbocycles. The number of aryl methyl sites for hydroxylation is 1. The molecule has 0 aliphatic heterocycles. The summed E-state index contributed by atoms with van der Waals surface area (Å²) in [6.07, 6.45) is 0. The van der Waals surface area contributed by atoms with E-state index in [1.807, 2.05) is 38.1 Å². The SMILES string of the molecule is CCOc1ccc(NC(=O)COC(=O)[C@H](C)SCC(=O)Nc2ccc(C)cc2)cc1. The first-order chi connectivity index (χ1) is 14.4. The minimum absolute atomic E-state index is 0.0997. The van der Waals surface area contributed by atoms with Gasteiger partial charge in [-0.3, -0.25) is 14.4 Å². The van der Waals surface area contributed by atoms with Crippen molar-refractivity contribution < 1.29 is 23.9 Å². The van der Waals surface area contributed by atoms with Gasteiger partial charge in [0, 0.05) is 11.4 Å². The highest BCUT2D eigenvalue weighted by atomic mass is 32.2. The van der Waals surface area contributed by atoms with Crippen molar-refractivity contribution in [2.75, 3.05) is 29.6 Å². The van der Waals surface area contributed by atoms with E-state index in [2.05, 4.69) is 10.6 Å². The Bertz CT molecular complexity index is 853. The second-order valence-electron chi connectivity index (χ2n) is 6.48. The summed E-state index contributed by atoms with van der Waals surface area (Å²) in [5.41, 5.74) is 2.38. The van der Waals surface area contributed by atoms with Crippen LogP contribution in [0.4, 0.5) is 11.4 Å². The van der Waals surface area contributed by atoms with E-state index in [1.165, 1.54) is 0 Å². The van der Waals surface area contributed by atoms with Gasteiger partial charge in [-0.2, -0.15) is 0 Å². The van der Waals surface area contributed by atoms with Crippen molar-refractivity contribution in [3.63, 3.8) is 0 Å². The summed E-state index contributed by atoms with van der Waals surface area (Å²) in [6, 6.07) is 14.3. The summed E-state index contributed by atoms with van der Waals surface area (Å²) in [5, 5.41) is 4.84. The molecule has 0 spiro atoms. The normalized spacial score (nSPS) is 11.3. The molecule has 2 amide bonds. The average molecular weight is 431 g/mol. The van der Waals surface area contributed by atoms with E-state index in [4.69, 9.17) is 9.47 Å². The Balaban J connectivity index is 1.68.